The maximum Gasteiger partial charge on any atom is 0.247 e. The van der Waals surface area contributed by atoms with E-state index in [2.05, 4.69) is 10.3 Å². The van der Waals surface area contributed by atoms with E-state index in [0.717, 1.165) is 23.6 Å². The first-order chi connectivity index (χ1) is 15.0. The molecule has 7 nitrogen and oxygen atoms in total. The maximum atomic E-state index is 12.9. The van der Waals surface area contributed by atoms with Crippen LogP contribution in [0.3, 0.4) is 0 Å². The molecular weight excluding hydrogens is 414 g/mol. The average Bonchev–Trinajstić information content (AvgIpc) is 3.06. The van der Waals surface area contributed by atoms with Crippen LogP contribution in [0.15, 0.2) is 53.5 Å². The lowest BCUT2D eigenvalue weighted by Gasteiger charge is -2.16. The molecule has 3 rings (SSSR count). The number of nitrogens with one attached hydrogen (secondary N) is 1. The fourth-order valence-corrected chi connectivity index (χ4v) is 4.06. The Morgan fingerprint density at radius 3 is 2.32 bits per heavy atom. The highest BCUT2D eigenvalue weighted by molar-refractivity contribution is 8.15. The number of carbonyl (C=O) groups excluding carboxylic acids is 2. The lowest BCUT2D eigenvalue weighted by Crippen LogP contribution is -2.31. The van der Waals surface area contributed by atoms with Crippen LogP contribution < -0.4 is 19.7 Å². The van der Waals surface area contributed by atoms with E-state index in [1.54, 1.807) is 31.3 Å². The Balaban J connectivity index is 1.64. The lowest BCUT2D eigenvalue weighted by molar-refractivity contribution is -0.121. The summed E-state index contributed by atoms with van der Waals surface area (Å²) < 4.78 is 11.0. The Morgan fingerprint density at radius 2 is 1.71 bits per heavy atom. The molecule has 2 aromatic carbocycles. The van der Waals surface area contributed by atoms with Gasteiger partial charge in [0.15, 0.2) is 5.17 Å². The van der Waals surface area contributed by atoms with Crippen molar-refractivity contribution in [2.45, 2.75) is 31.9 Å². The van der Waals surface area contributed by atoms with Crippen LogP contribution in [0.5, 0.6) is 11.5 Å². The van der Waals surface area contributed by atoms with Gasteiger partial charge < -0.3 is 14.8 Å². The van der Waals surface area contributed by atoms with Gasteiger partial charge in [0.05, 0.1) is 18.9 Å². The van der Waals surface area contributed by atoms with Gasteiger partial charge in [0.2, 0.25) is 11.8 Å². The number of thioether (sulfide) groups is 1. The number of rotatable bonds is 8. The average molecular weight is 442 g/mol. The zero-order valence-electron chi connectivity index (χ0n) is 18.0. The number of amides is 2. The molecular formula is C23H27N3O4S. The Kier molecular flexibility index (Phi) is 7.94. The Labute approximate surface area is 186 Å². The minimum Gasteiger partial charge on any atom is -0.494 e. The van der Waals surface area contributed by atoms with Crippen LogP contribution in [0.2, 0.25) is 0 Å². The van der Waals surface area contributed by atoms with Crippen molar-refractivity contribution in [1.29, 1.82) is 0 Å². The fraction of sp³-hybridized carbons (Fsp3) is 0.348. The first-order valence-corrected chi connectivity index (χ1v) is 11.2. The number of ether oxygens (including phenoxy) is 2. The van der Waals surface area contributed by atoms with Gasteiger partial charge in [-0.1, -0.05) is 18.7 Å². The van der Waals surface area contributed by atoms with E-state index in [-0.39, 0.29) is 18.2 Å². The molecule has 31 heavy (non-hydrogen) atoms. The third-order valence-electron chi connectivity index (χ3n) is 4.55. The summed E-state index contributed by atoms with van der Waals surface area (Å²) in [5, 5.41) is 3.24. The number of aliphatic imine (C=N–C) groups is 1. The van der Waals surface area contributed by atoms with E-state index < -0.39 is 5.25 Å². The van der Waals surface area contributed by atoms with Crippen LogP contribution in [0.4, 0.5) is 11.4 Å². The number of hydrogen-bond donors (Lipinski definition) is 1. The quantitative estimate of drug-likeness (QED) is 0.373. The Hall–Kier alpha value is -3.00. The molecule has 0 aliphatic carbocycles. The standard InChI is InChI=1S/C23H27N3O4S/c1-4-14-30-19-12-8-17(9-13-19)26-21(27)15-20(22(26)28)31-23(24-3)25-16-6-10-18(11-7-16)29-5-2/h6-13,20H,4-5,14-15H2,1-3H3,(H,24,25)/t20-/m1/s1. The van der Waals surface area contributed by atoms with Gasteiger partial charge in [0.1, 0.15) is 16.7 Å². The number of imide groups is 1. The van der Waals surface area contributed by atoms with E-state index in [1.807, 2.05) is 38.1 Å². The predicted molar refractivity (Wildman–Crippen MR) is 125 cm³/mol. The lowest BCUT2D eigenvalue weighted by atomic mass is 10.3. The van der Waals surface area contributed by atoms with Crippen molar-refractivity contribution >= 4 is 40.1 Å². The third kappa shape index (κ3) is 5.79. The highest BCUT2D eigenvalue weighted by Crippen LogP contribution is 2.31. The van der Waals surface area contributed by atoms with Gasteiger partial charge in [0.25, 0.3) is 0 Å². The molecule has 0 bridgehead atoms. The number of hydrogen-bond acceptors (Lipinski definition) is 6. The zero-order valence-corrected chi connectivity index (χ0v) is 18.8. The molecule has 1 N–H and O–H groups in total. The summed E-state index contributed by atoms with van der Waals surface area (Å²) in [6, 6.07) is 14.5. The molecule has 0 spiro atoms. The molecule has 2 aromatic rings. The van der Waals surface area contributed by atoms with Crippen molar-refractivity contribution in [3.05, 3.63) is 48.5 Å². The van der Waals surface area contributed by atoms with Gasteiger partial charge in [-0.2, -0.15) is 0 Å². The molecule has 1 aliphatic rings. The summed E-state index contributed by atoms with van der Waals surface area (Å²) >= 11 is 1.26. The molecule has 1 aliphatic heterocycles. The molecule has 1 fully saturated rings. The largest absolute Gasteiger partial charge is 0.494 e. The van der Waals surface area contributed by atoms with Crippen molar-refractivity contribution in [1.82, 2.24) is 0 Å². The highest BCUT2D eigenvalue weighted by Gasteiger charge is 2.40. The minimum absolute atomic E-state index is 0.127. The molecule has 0 saturated carbocycles. The second kappa shape index (κ2) is 10.9. The van der Waals surface area contributed by atoms with E-state index in [1.165, 1.54) is 16.7 Å². The van der Waals surface area contributed by atoms with Crippen LogP contribution in [0, 0.1) is 0 Å². The van der Waals surface area contributed by atoms with E-state index >= 15 is 0 Å². The summed E-state index contributed by atoms with van der Waals surface area (Å²) in [5.74, 6) is 1.04. The van der Waals surface area contributed by atoms with Gasteiger partial charge in [-0.05, 0) is 61.9 Å². The SMILES string of the molecule is CCCOc1ccc(N2C(=O)C[C@@H](SC(=NC)Nc3ccc(OCC)cc3)C2=O)cc1. The zero-order chi connectivity index (χ0) is 22.2. The van der Waals surface area contributed by atoms with Crippen LogP contribution in [-0.4, -0.2) is 42.5 Å². The highest BCUT2D eigenvalue weighted by atomic mass is 32.2. The summed E-state index contributed by atoms with van der Waals surface area (Å²) in [5.41, 5.74) is 1.38. The number of benzene rings is 2. The molecule has 0 unspecified atom stereocenters. The van der Waals surface area contributed by atoms with Crippen molar-refractivity contribution < 1.29 is 19.1 Å². The maximum absolute atomic E-state index is 12.9. The topological polar surface area (TPSA) is 80.2 Å². The number of amidine groups is 1. The van der Waals surface area contributed by atoms with Crippen LogP contribution >= 0.6 is 11.8 Å². The molecule has 0 aromatic heterocycles. The van der Waals surface area contributed by atoms with E-state index in [9.17, 15) is 9.59 Å². The summed E-state index contributed by atoms with van der Waals surface area (Å²) in [6.07, 6.45) is 1.04. The molecule has 164 valence electrons. The van der Waals surface area contributed by atoms with Crippen molar-refractivity contribution in [2.24, 2.45) is 4.99 Å². The van der Waals surface area contributed by atoms with Crippen LogP contribution in [0.1, 0.15) is 26.7 Å². The summed E-state index contributed by atoms with van der Waals surface area (Å²) in [7, 11) is 1.65. The normalized spacial score (nSPS) is 16.5. The summed E-state index contributed by atoms with van der Waals surface area (Å²) in [6.45, 7) is 5.20. The molecule has 1 atom stereocenters. The van der Waals surface area contributed by atoms with Crippen molar-refractivity contribution in [3.8, 4) is 11.5 Å². The van der Waals surface area contributed by atoms with Crippen molar-refractivity contribution in [2.75, 3.05) is 30.5 Å². The molecule has 1 heterocycles. The second-order valence-corrected chi connectivity index (χ2v) is 8.02. The minimum atomic E-state index is -0.530. The Morgan fingerprint density at radius 1 is 1.06 bits per heavy atom. The van der Waals surface area contributed by atoms with Gasteiger partial charge in [-0.15, -0.1) is 0 Å². The monoisotopic (exact) mass is 441 g/mol. The molecule has 0 radical (unpaired) electrons. The molecule has 8 heteroatoms. The predicted octanol–water partition coefficient (Wildman–Crippen LogP) is 4.34. The van der Waals surface area contributed by atoms with Gasteiger partial charge in [0, 0.05) is 19.2 Å². The summed E-state index contributed by atoms with van der Waals surface area (Å²) in [4.78, 5) is 31.0. The fourth-order valence-electron chi connectivity index (χ4n) is 3.08. The van der Waals surface area contributed by atoms with Gasteiger partial charge in [-0.3, -0.25) is 14.6 Å². The van der Waals surface area contributed by atoms with Gasteiger partial charge in [-0.25, -0.2) is 4.90 Å². The van der Waals surface area contributed by atoms with Gasteiger partial charge >= 0.3 is 0 Å². The number of nitrogens with zero attached hydrogens (tertiary/aromatic N) is 2. The van der Waals surface area contributed by atoms with Crippen LogP contribution in [-0.2, 0) is 9.59 Å². The Bertz CT molecular complexity index is 929. The number of carbonyl (C=O) groups is 2. The smallest absolute Gasteiger partial charge is 0.247 e. The second-order valence-electron chi connectivity index (χ2n) is 6.83. The molecule has 1 saturated heterocycles. The van der Waals surface area contributed by atoms with E-state index in [4.69, 9.17) is 9.47 Å². The first kappa shape index (κ1) is 22.7. The number of anilines is 2. The van der Waals surface area contributed by atoms with Crippen molar-refractivity contribution in [3.63, 3.8) is 0 Å². The first-order valence-electron chi connectivity index (χ1n) is 10.3. The van der Waals surface area contributed by atoms with E-state index in [0.29, 0.717) is 24.1 Å². The third-order valence-corrected chi connectivity index (χ3v) is 5.71. The van der Waals surface area contributed by atoms with Crippen LogP contribution in [0.25, 0.3) is 0 Å². The molecule has 2 amide bonds.